The zero-order valence-electron chi connectivity index (χ0n) is 13.2. The Morgan fingerprint density at radius 2 is 2.10 bits per heavy atom. The van der Waals surface area contributed by atoms with Crippen LogP contribution >= 0.6 is 12.4 Å². The van der Waals surface area contributed by atoms with E-state index in [4.69, 9.17) is 0 Å². The molecule has 2 rings (SSSR count). The van der Waals surface area contributed by atoms with Crippen molar-refractivity contribution in [2.45, 2.75) is 65.3 Å². The highest BCUT2D eigenvalue weighted by molar-refractivity contribution is 5.85. The van der Waals surface area contributed by atoms with Gasteiger partial charge in [-0.05, 0) is 56.9 Å². The van der Waals surface area contributed by atoms with Crippen molar-refractivity contribution in [1.82, 2.24) is 10.6 Å². The molecule has 2 N–H and O–H groups in total. The molecule has 1 saturated carbocycles. The minimum Gasteiger partial charge on any atom is -0.355 e. The summed E-state index contributed by atoms with van der Waals surface area (Å²) < 4.78 is 0. The lowest BCUT2D eigenvalue weighted by molar-refractivity contribution is -0.127. The topological polar surface area (TPSA) is 41.1 Å². The summed E-state index contributed by atoms with van der Waals surface area (Å²) in [6.07, 6.45) is 7.18. The Balaban J connectivity index is 0.00000200. The maximum absolute atomic E-state index is 12.3. The Labute approximate surface area is 130 Å². The van der Waals surface area contributed by atoms with Crippen LogP contribution in [-0.2, 0) is 4.79 Å². The van der Waals surface area contributed by atoms with E-state index >= 15 is 0 Å². The van der Waals surface area contributed by atoms with Gasteiger partial charge in [-0.25, -0.2) is 0 Å². The van der Waals surface area contributed by atoms with Gasteiger partial charge >= 0.3 is 0 Å². The Bertz CT molecular complexity index is 316. The molecule has 118 valence electrons. The van der Waals surface area contributed by atoms with Crippen molar-refractivity contribution in [3.05, 3.63) is 0 Å². The summed E-state index contributed by atoms with van der Waals surface area (Å²) >= 11 is 0. The Hall–Kier alpha value is -0.280. The van der Waals surface area contributed by atoms with Crippen molar-refractivity contribution in [3.8, 4) is 0 Å². The van der Waals surface area contributed by atoms with Crippen LogP contribution < -0.4 is 10.6 Å². The number of hydrogen-bond acceptors (Lipinski definition) is 2. The number of halogens is 1. The number of rotatable bonds is 5. The lowest BCUT2D eigenvalue weighted by Crippen LogP contribution is -2.47. The summed E-state index contributed by atoms with van der Waals surface area (Å²) in [7, 11) is 0. The van der Waals surface area contributed by atoms with Crippen LogP contribution in [0.25, 0.3) is 0 Å². The number of nitrogens with one attached hydrogen (secondary N) is 2. The highest BCUT2D eigenvalue weighted by atomic mass is 35.5. The molecule has 2 atom stereocenters. The van der Waals surface area contributed by atoms with Crippen LogP contribution in [0.5, 0.6) is 0 Å². The highest BCUT2D eigenvalue weighted by Crippen LogP contribution is 2.45. The molecule has 0 aromatic rings. The fraction of sp³-hybridized carbons (Fsp3) is 0.938. The highest BCUT2D eigenvalue weighted by Gasteiger charge is 2.38. The number of carbonyl (C=O) groups is 1. The van der Waals surface area contributed by atoms with Crippen LogP contribution in [0.2, 0.25) is 0 Å². The van der Waals surface area contributed by atoms with E-state index in [0.717, 1.165) is 31.8 Å². The third-order valence-electron chi connectivity index (χ3n) is 4.89. The van der Waals surface area contributed by atoms with Crippen molar-refractivity contribution in [2.75, 3.05) is 13.1 Å². The van der Waals surface area contributed by atoms with E-state index in [9.17, 15) is 4.79 Å². The van der Waals surface area contributed by atoms with Gasteiger partial charge in [0.1, 0.15) is 0 Å². The Morgan fingerprint density at radius 3 is 2.60 bits per heavy atom. The number of piperidine rings is 1. The summed E-state index contributed by atoms with van der Waals surface area (Å²) in [6.45, 7) is 8.64. The van der Waals surface area contributed by atoms with Crippen LogP contribution in [0, 0.1) is 17.3 Å². The summed E-state index contributed by atoms with van der Waals surface area (Å²) in [5, 5.41) is 6.66. The van der Waals surface area contributed by atoms with E-state index in [1.54, 1.807) is 0 Å². The smallest absolute Gasteiger partial charge is 0.223 e. The second-order valence-corrected chi connectivity index (χ2v) is 7.25. The van der Waals surface area contributed by atoms with Gasteiger partial charge in [-0.15, -0.1) is 12.4 Å². The lowest BCUT2D eigenvalue weighted by Gasteiger charge is -2.43. The van der Waals surface area contributed by atoms with E-state index in [-0.39, 0.29) is 18.3 Å². The molecule has 0 aromatic heterocycles. The molecule has 20 heavy (non-hydrogen) atoms. The number of amides is 1. The fourth-order valence-corrected chi connectivity index (χ4v) is 3.78. The van der Waals surface area contributed by atoms with Gasteiger partial charge in [-0.3, -0.25) is 4.79 Å². The first-order valence-corrected chi connectivity index (χ1v) is 8.02. The van der Waals surface area contributed by atoms with Crippen LogP contribution in [0.4, 0.5) is 0 Å². The van der Waals surface area contributed by atoms with Crippen molar-refractivity contribution in [2.24, 2.45) is 17.3 Å². The average Bonchev–Trinajstić information content (AvgIpc) is 2.31. The van der Waals surface area contributed by atoms with Gasteiger partial charge in [0, 0.05) is 18.5 Å². The van der Waals surface area contributed by atoms with E-state index in [1.807, 2.05) is 0 Å². The molecule has 0 radical (unpaired) electrons. The fourth-order valence-electron chi connectivity index (χ4n) is 3.78. The summed E-state index contributed by atoms with van der Waals surface area (Å²) in [5.41, 5.74) is 0.419. The van der Waals surface area contributed by atoms with Gasteiger partial charge in [0.05, 0.1) is 0 Å². The zero-order chi connectivity index (χ0) is 13.9. The monoisotopic (exact) mass is 302 g/mol. The van der Waals surface area contributed by atoms with E-state index in [0.29, 0.717) is 17.4 Å². The molecule has 3 nitrogen and oxygen atoms in total. The molecule has 2 aliphatic rings. The number of hydrogen-bond donors (Lipinski definition) is 2. The van der Waals surface area contributed by atoms with Crippen LogP contribution in [0.15, 0.2) is 0 Å². The Kier molecular flexibility index (Phi) is 6.80. The minimum atomic E-state index is 0. The quantitative estimate of drug-likeness (QED) is 0.819. The Morgan fingerprint density at radius 1 is 1.40 bits per heavy atom. The summed E-state index contributed by atoms with van der Waals surface area (Å²) in [4.78, 5) is 12.3. The largest absolute Gasteiger partial charge is 0.355 e. The average molecular weight is 303 g/mol. The van der Waals surface area contributed by atoms with E-state index < -0.39 is 0 Å². The molecular formula is C16H31ClN2O. The molecule has 4 heteroatoms. The van der Waals surface area contributed by atoms with Crippen LogP contribution in [0.1, 0.15) is 59.3 Å². The molecule has 2 fully saturated rings. The predicted molar refractivity (Wildman–Crippen MR) is 86.2 cm³/mol. The zero-order valence-corrected chi connectivity index (χ0v) is 14.0. The normalized spacial score (nSPS) is 28.4. The van der Waals surface area contributed by atoms with Crippen molar-refractivity contribution < 1.29 is 4.79 Å². The predicted octanol–water partition coefficient (Wildman–Crippen LogP) is 3.13. The van der Waals surface area contributed by atoms with Gasteiger partial charge in [0.2, 0.25) is 5.91 Å². The maximum atomic E-state index is 12.3. The third-order valence-corrected chi connectivity index (χ3v) is 4.89. The summed E-state index contributed by atoms with van der Waals surface area (Å²) in [5.74, 6) is 1.26. The van der Waals surface area contributed by atoms with Crippen molar-refractivity contribution in [1.29, 1.82) is 0 Å². The first-order chi connectivity index (χ1) is 9.01. The van der Waals surface area contributed by atoms with Gasteiger partial charge in [0.25, 0.3) is 0 Å². The first kappa shape index (κ1) is 17.8. The molecule has 1 aliphatic heterocycles. The molecule has 1 saturated heterocycles. The third kappa shape index (κ3) is 4.63. The van der Waals surface area contributed by atoms with Gasteiger partial charge in [0.15, 0.2) is 0 Å². The SMILES string of the molecule is CC(C)CC1(CNC(=O)[C@H]2CCN[C@@H](C)C2)CCC1.Cl. The molecule has 0 spiro atoms. The molecule has 1 amide bonds. The van der Waals surface area contributed by atoms with E-state index in [2.05, 4.69) is 31.4 Å². The minimum absolute atomic E-state index is 0. The first-order valence-electron chi connectivity index (χ1n) is 8.02. The van der Waals surface area contributed by atoms with Crippen LogP contribution in [-0.4, -0.2) is 25.0 Å². The summed E-state index contributed by atoms with van der Waals surface area (Å²) in [6, 6.07) is 0.484. The second kappa shape index (κ2) is 7.65. The van der Waals surface area contributed by atoms with Gasteiger partial charge < -0.3 is 10.6 Å². The molecule has 1 aliphatic carbocycles. The van der Waals surface area contributed by atoms with Gasteiger partial charge in [-0.1, -0.05) is 20.3 Å². The molecule has 0 bridgehead atoms. The van der Waals surface area contributed by atoms with E-state index in [1.165, 1.54) is 25.7 Å². The molecule has 1 heterocycles. The maximum Gasteiger partial charge on any atom is 0.223 e. The molecule has 0 unspecified atom stereocenters. The van der Waals surface area contributed by atoms with Crippen LogP contribution in [0.3, 0.4) is 0 Å². The standard InChI is InChI=1S/C16H30N2O.ClH/c1-12(2)10-16(6-4-7-16)11-18-15(19)14-5-8-17-13(3)9-14;/h12-14,17H,4-11H2,1-3H3,(H,18,19);1H/t13-,14-;/m0./s1. The molecule has 0 aromatic carbocycles. The molecular weight excluding hydrogens is 272 g/mol. The van der Waals surface area contributed by atoms with Gasteiger partial charge in [-0.2, -0.15) is 0 Å². The second-order valence-electron chi connectivity index (χ2n) is 7.25. The number of carbonyl (C=O) groups excluding carboxylic acids is 1. The lowest BCUT2D eigenvalue weighted by atomic mass is 9.64. The van der Waals surface area contributed by atoms with Crippen molar-refractivity contribution >= 4 is 18.3 Å². The van der Waals surface area contributed by atoms with Crippen molar-refractivity contribution in [3.63, 3.8) is 0 Å².